The lowest BCUT2D eigenvalue weighted by Gasteiger charge is -2.27. The van der Waals surface area contributed by atoms with Gasteiger partial charge in [0, 0.05) is 33.0 Å². The molecule has 108 valence electrons. The molecule has 1 N–H and O–H groups in total. The molecule has 0 atom stereocenters. The standard InChI is InChI=1S/C14H18N2O4/c1-16(9-10-4-6-20-7-5-10)13(17)11-2-3-12(14(18)19)15-8-11/h2-3,8,10H,4-7,9H2,1H3,(H,18,19). The Bertz CT molecular complexity index is 480. The van der Waals surface area contributed by atoms with Gasteiger partial charge >= 0.3 is 5.97 Å². The van der Waals surface area contributed by atoms with E-state index in [1.807, 2.05) is 0 Å². The van der Waals surface area contributed by atoms with Gasteiger partial charge in [-0.2, -0.15) is 0 Å². The van der Waals surface area contributed by atoms with Crippen molar-refractivity contribution in [1.82, 2.24) is 9.88 Å². The molecular formula is C14H18N2O4. The van der Waals surface area contributed by atoms with Crippen LogP contribution < -0.4 is 0 Å². The van der Waals surface area contributed by atoms with Crippen LogP contribution in [0.2, 0.25) is 0 Å². The third-order valence-electron chi connectivity index (χ3n) is 3.45. The van der Waals surface area contributed by atoms with E-state index in [4.69, 9.17) is 9.84 Å². The van der Waals surface area contributed by atoms with Crippen molar-refractivity contribution in [2.24, 2.45) is 5.92 Å². The largest absolute Gasteiger partial charge is 0.477 e. The van der Waals surface area contributed by atoms with Crippen LogP contribution in [0.4, 0.5) is 0 Å². The number of amides is 1. The van der Waals surface area contributed by atoms with Crippen LogP contribution in [0.5, 0.6) is 0 Å². The summed E-state index contributed by atoms with van der Waals surface area (Å²) in [6.45, 7) is 2.19. The van der Waals surface area contributed by atoms with Gasteiger partial charge in [-0.05, 0) is 30.9 Å². The second-order valence-electron chi connectivity index (χ2n) is 4.98. The first kappa shape index (κ1) is 14.5. The van der Waals surface area contributed by atoms with E-state index >= 15 is 0 Å². The number of hydrogen-bond acceptors (Lipinski definition) is 4. The first-order chi connectivity index (χ1) is 9.58. The number of carboxylic acid groups (broad SMARTS) is 1. The van der Waals surface area contributed by atoms with Crippen molar-refractivity contribution < 1.29 is 19.4 Å². The van der Waals surface area contributed by atoms with Crippen molar-refractivity contribution in [2.75, 3.05) is 26.8 Å². The molecule has 1 aromatic heterocycles. The molecule has 2 heterocycles. The fraction of sp³-hybridized carbons (Fsp3) is 0.500. The second-order valence-corrected chi connectivity index (χ2v) is 4.98. The number of ether oxygens (including phenoxy) is 1. The first-order valence-electron chi connectivity index (χ1n) is 6.60. The van der Waals surface area contributed by atoms with Crippen molar-refractivity contribution >= 4 is 11.9 Å². The van der Waals surface area contributed by atoms with E-state index in [2.05, 4.69) is 4.98 Å². The van der Waals surface area contributed by atoms with Gasteiger partial charge in [-0.3, -0.25) is 4.79 Å². The average Bonchev–Trinajstić information content (AvgIpc) is 2.47. The maximum absolute atomic E-state index is 12.2. The molecule has 6 heteroatoms. The number of carbonyl (C=O) groups excluding carboxylic acids is 1. The van der Waals surface area contributed by atoms with Crippen molar-refractivity contribution in [3.63, 3.8) is 0 Å². The monoisotopic (exact) mass is 278 g/mol. The van der Waals surface area contributed by atoms with Crippen LogP contribution in [0.1, 0.15) is 33.7 Å². The molecule has 0 saturated carbocycles. The number of carboxylic acids is 1. The Morgan fingerprint density at radius 2 is 2.10 bits per heavy atom. The zero-order chi connectivity index (χ0) is 14.5. The molecule has 6 nitrogen and oxygen atoms in total. The van der Waals surface area contributed by atoms with Crippen LogP contribution in [0.15, 0.2) is 18.3 Å². The molecule has 1 aliphatic rings. The number of aromatic nitrogens is 1. The van der Waals surface area contributed by atoms with E-state index in [0.29, 0.717) is 18.0 Å². The van der Waals surface area contributed by atoms with E-state index < -0.39 is 5.97 Å². The molecule has 0 radical (unpaired) electrons. The number of nitrogens with zero attached hydrogens (tertiary/aromatic N) is 2. The highest BCUT2D eigenvalue weighted by molar-refractivity contribution is 5.94. The van der Waals surface area contributed by atoms with Crippen molar-refractivity contribution in [3.05, 3.63) is 29.6 Å². The van der Waals surface area contributed by atoms with E-state index in [-0.39, 0.29) is 11.6 Å². The van der Waals surface area contributed by atoms with Gasteiger partial charge in [0.15, 0.2) is 0 Å². The minimum atomic E-state index is -1.10. The zero-order valence-electron chi connectivity index (χ0n) is 11.4. The van der Waals surface area contributed by atoms with Crippen molar-refractivity contribution in [2.45, 2.75) is 12.8 Å². The molecular weight excluding hydrogens is 260 g/mol. The molecule has 0 spiro atoms. The van der Waals surface area contributed by atoms with Crippen LogP contribution >= 0.6 is 0 Å². The Morgan fingerprint density at radius 3 is 2.65 bits per heavy atom. The minimum absolute atomic E-state index is 0.0615. The number of hydrogen-bond donors (Lipinski definition) is 1. The molecule has 0 aromatic carbocycles. The van der Waals surface area contributed by atoms with E-state index in [1.165, 1.54) is 18.3 Å². The van der Waals surface area contributed by atoms with Crippen LogP contribution in [0, 0.1) is 5.92 Å². The quantitative estimate of drug-likeness (QED) is 0.897. The molecule has 1 fully saturated rings. The summed E-state index contributed by atoms with van der Waals surface area (Å²) in [6, 6.07) is 2.84. The summed E-state index contributed by atoms with van der Waals surface area (Å²) in [5.74, 6) is -0.774. The summed E-state index contributed by atoms with van der Waals surface area (Å²) < 4.78 is 5.29. The number of aromatic carboxylic acids is 1. The molecule has 1 aromatic rings. The Balaban J connectivity index is 1.96. The van der Waals surface area contributed by atoms with Crippen molar-refractivity contribution in [3.8, 4) is 0 Å². The fourth-order valence-corrected chi connectivity index (χ4v) is 2.27. The van der Waals surface area contributed by atoms with Crippen LogP contribution in [-0.4, -0.2) is 53.7 Å². The number of rotatable bonds is 4. The Morgan fingerprint density at radius 1 is 1.40 bits per heavy atom. The van der Waals surface area contributed by atoms with E-state index in [0.717, 1.165) is 26.1 Å². The SMILES string of the molecule is CN(CC1CCOCC1)C(=O)c1ccc(C(=O)O)nc1. The van der Waals surface area contributed by atoms with Crippen LogP contribution in [0.25, 0.3) is 0 Å². The lowest BCUT2D eigenvalue weighted by Crippen LogP contribution is -2.34. The highest BCUT2D eigenvalue weighted by Crippen LogP contribution is 2.16. The number of carbonyl (C=O) groups is 2. The Labute approximate surface area is 117 Å². The molecule has 1 saturated heterocycles. The number of pyridine rings is 1. The molecule has 0 aliphatic carbocycles. The third kappa shape index (κ3) is 3.54. The predicted molar refractivity (Wildman–Crippen MR) is 71.7 cm³/mol. The summed E-state index contributed by atoms with van der Waals surface area (Å²) in [5.41, 5.74) is 0.346. The fourth-order valence-electron chi connectivity index (χ4n) is 2.27. The Kier molecular flexibility index (Phi) is 4.68. The molecule has 1 aliphatic heterocycles. The predicted octanol–water partition coefficient (Wildman–Crippen LogP) is 1.28. The average molecular weight is 278 g/mol. The summed E-state index contributed by atoms with van der Waals surface area (Å²) in [7, 11) is 1.75. The van der Waals surface area contributed by atoms with Gasteiger partial charge in [0.25, 0.3) is 5.91 Å². The van der Waals surface area contributed by atoms with E-state index in [1.54, 1.807) is 11.9 Å². The normalized spacial score (nSPS) is 15.8. The second kappa shape index (κ2) is 6.47. The van der Waals surface area contributed by atoms with Crippen molar-refractivity contribution in [1.29, 1.82) is 0 Å². The summed E-state index contributed by atoms with van der Waals surface area (Å²) in [5, 5.41) is 8.77. The maximum Gasteiger partial charge on any atom is 0.354 e. The van der Waals surface area contributed by atoms with Gasteiger partial charge in [0.1, 0.15) is 5.69 Å². The first-order valence-corrected chi connectivity index (χ1v) is 6.60. The summed E-state index contributed by atoms with van der Waals surface area (Å²) >= 11 is 0. The molecule has 20 heavy (non-hydrogen) atoms. The van der Waals surface area contributed by atoms with Gasteiger partial charge in [-0.15, -0.1) is 0 Å². The highest BCUT2D eigenvalue weighted by atomic mass is 16.5. The molecule has 2 rings (SSSR count). The van der Waals surface area contributed by atoms with Gasteiger partial charge in [0.2, 0.25) is 0 Å². The molecule has 0 unspecified atom stereocenters. The smallest absolute Gasteiger partial charge is 0.354 e. The summed E-state index contributed by atoms with van der Waals surface area (Å²) in [6.07, 6.45) is 3.24. The third-order valence-corrected chi connectivity index (χ3v) is 3.45. The topological polar surface area (TPSA) is 79.7 Å². The van der Waals surface area contributed by atoms with Gasteiger partial charge in [0.05, 0.1) is 5.56 Å². The lowest BCUT2D eigenvalue weighted by atomic mass is 9.99. The van der Waals surface area contributed by atoms with Gasteiger partial charge < -0.3 is 14.7 Å². The molecule has 0 bridgehead atoms. The highest BCUT2D eigenvalue weighted by Gasteiger charge is 2.20. The van der Waals surface area contributed by atoms with Crippen LogP contribution in [-0.2, 0) is 4.74 Å². The maximum atomic E-state index is 12.2. The van der Waals surface area contributed by atoms with Crippen LogP contribution in [0.3, 0.4) is 0 Å². The zero-order valence-corrected chi connectivity index (χ0v) is 11.4. The minimum Gasteiger partial charge on any atom is -0.477 e. The lowest BCUT2D eigenvalue weighted by molar-refractivity contribution is 0.0497. The Hall–Kier alpha value is -1.95. The van der Waals surface area contributed by atoms with E-state index in [9.17, 15) is 9.59 Å². The van der Waals surface area contributed by atoms with Gasteiger partial charge in [-0.1, -0.05) is 0 Å². The van der Waals surface area contributed by atoms with Gasteiger partial charge in [-0.25, -0.2) is 9.78 Å². The summed E-state index contributed by atoms with van der Waals surface area (Å²) in [4.78, 5) is 28.3. The molecule has 1 amide bonds.